The molecule has 5 aromatic rings. The molecule has 2 aromatic carbocycles. The standard InChI is InChI=1S/C24H14F3N5/c25-19-6-5-17(11-20(19)26)30-24-18-9-16(14-3-1-7-28-12-14)10-21(27)22(18)31-23(32-24)15-4-2-8-29-13-15/h1-13H,(H,30,31,32). The first-order chi connectivity index (χ1) is 15.6. The van der Waals surface area contributed by atoms with E-state index in [1.54, 1.807) is 55.1 Å². The predicted molar refractivity (Wildman–Crippen MR) is 116 cm³/mol. The monoisotopic (exact) mass is 429 g/mol. The molecule has 0 unspecified atom stereocenters. The van der Waals surface area contributed by atoms with Crippen LogP contribution in [0, 0.1) is 17.5 Å². The molecule has 0 spiro atoms. The van der Waals surface area contributed by atoms with Crippen LogP contribution >= 0.6 is 0 Å². The average Bonchev–Trinajstić information content (AvgIpc) is 2.83. The van der Waals surface area contributed by atoms with Gasteiger partial charge in [-0.25, -0.2) is 23.1 Å². The number of nitrogens with zero attached hydrogens (tertiary/aromatic N) is 4. The zero-order valence-corrected chi connectivity index (χ0v) is 16.4. The smallest absolute Gasteiger partial charge is 0.163 e. The Hall–Kier alpha value is -4.33. The molecule has 0 amide bonds. The number of halogens is 3. The first kappa shape index (κ1) is 19.6. The highest BCUT2D eigenvalue weighted by molar-refractivity contribution is 5.95. The molecule has 0 aliphatic carbocycles. The van der Waals surface area contributed by atoms with E-state index < -0.39 is 17.5 Å². The number of rotatable bonds is 4. The second-order valence-electron chi connectivity index (χ2n) is 6.99. The van der Waals surface area contributed by atoms with Crippen molar-refractivity contribution in [2.24, 2.45) is 0 Å². The SMILES string of the molecule is Fc1ccc(Nc2nc(-c3cccnc3)nc3c(F)cc(-c4cccnc4)cc23)cc1F. The summed E-state index contributed by atoms with van der Waals surface area (Å²) in [5, 5.41) is 3.35. The molecular weight excluding hydrogens is 415 g/mol. The summed E-state index contributed by atoms with van der Waals surface area (Å²) in [6.07, 6.45) is 6.41. The molecule has 5 nitrogen and oxygen atoms in total. The van der Waals surface area contributed by atoms with Gasteiger partial charge in [0.25, 0.3) is 0 Å². The lowest BCUT2D eigenvalue weighted by Crippen LogP contribution is -2.02. The van der Waals surface area contributed by atoms with Crippen LogP contribution in [0.15, 0.2) is 79.4 Å². The van der Waals surface area contributed by atoms with E-state index in [0.717, 1.165) is 12.1 Å². The molecule has 0 saturated heterocycles. The Morgan fingerprint density at radius 1 is 0.656 bits per heavy atom. The van der Waals surface area contributed by atoms with Crippen LogP contribution in [0.25, 0.3) is 33.4 Å². The van der Waals surface area contributed by atoms with Crippen molar-refractivity contribution < 1.29 is 13.2 Å². The molecule has 0 aliphatic rings. The second-order valence-corrected chi connectivity index (χ2v) is 6.99. The minimum absolute atomic E-state index is 0.0802. The van der Waals surface area contributed by atoms with Gasteiger partial charge in [0.15, 0.2) is 17.5 Å². The Kier molecular flexibility index (Phi) is 4.95. The first-order valence-electron chi connectivity index (χ1n) is 9.62. The molecule has 32 heavy (non-hydrogen) atoms. The van der Waals surface area contributed by atoms with Gasteiger partial charge in [-0.1, -0.05) is 6.07 Å². The summed E-state index contributed by atoms with van der Waals surface area (Å²) < 4.78 is 42.3. The van der Waals surface area contributed by atoms with Crippen LogP contribution in [0.5, 0.6) is 0 Å². The maximum Gasteiger partial charge on any atom is 0.163 e. The molecule has 8 heteroatoms. The largest absolute Gasteiger partial charge is 0.340 e. The van der Waals surface area contributed by atoms with Gasteiger partial charge < -0.3 is 5.32 Å². The fraction of sp³-hybridized carbons (Fsp3) is 0. The van der Waals surface area contributed by atoms with E-state index in [1.165, 1.54) is 12.1 Å². The van der Waals surface area contributed by atoms with Crippen LogP contribution in [0.2, 0.25) is 0 Å². The molecule has 0 saturated carbocycles. The van der Waals surface area contributed by atoms with Crippen molar-refractivity contribution in [1.29, 1.82) is 0 Å². The number of fused-ring (bicyclic) bond motifs is 1. The van der Waals surface area contributed by atoms with E-state index >= 15 is 4.39 Å². The normalized spacial score (nSPS) is 11.0. The second kappa shape index (κ2) is 8.07. The lowest BCUT2D eigenvalue weighted by Gasteiger charge is -2.13. The Bertz CT molecular complexity index is 1430. The minimum Gasteiger partial charge on any atom is -0.340 e. The summed E-state index contributed by atoms with van der Waals surface area (Å²) in [5.74, 6) is -2.05. The fourth-order valence-electron chi connectivity index (χ4n) is 3.32. The maximum atomic E-state index is 15.2. The van der Waals surface area contributed by atoms with Gasteiger partial charge in [0.2, 0.25) is 0 Å². The van der Waals surface area contributed by atoms with E-state index in [2.05, 4.69) is 25.3 Å². The number of benzene rings is 2. The maximum absolute atomic E-state index is 15.2. The van der Waals surface area contributed by atoms with Gasteiger partial charge in [-0.3, -0.25) is 9.97 Å². The first-order valence-corrected chi connectivity index (χ1v) is 9.62. The molecule has 5 rings (SSSR count). The van der Waals surface area contributed by atoms with E-state index in [9.17, 15) is 8.78 Å². The Balaban J connectivity index is 1.73. The van der Waals surface area contributed by atoms with Gasteiger partial charge in [-0.15, -0.1) is 0 Å². The van der Waals surface area contributed by atoms with E-state index in [4.69, 9.17) is 0 Å². The molecule has 0 bridgehead atoms. The van der Waals surface area contributed by atoms with Crippen molar-refractivity contribution in [3.63, 3.8) is 0 Å². The highest BCUT2D eigenvalue weighted by Crippen LogP contribution is 2.33. The molecule has 0 fully saturated rings. The van der Waals surface area contributed by atoms with Gasteiger partial charge in [-0.2, -0.15) is 0 Å². The summed E-state index contributed by atoms with van der Waals surface area (Å²) in [5.41, 5.74) is 2.21. The van der Waals surface area contributed by atoms with Crippen molar-refractivity contribution in [2.75, 3.05) is 5.32 Å². The molecule has 156 valence electrons. The number of nitrogens with one attached hydrogen (secondary N) is 1. The van der Waals surface area contributed by atoms with Gasteiger partial charge in [0.05, 0.1) is 0 Å². The summed E-state index contributed by atoms with van der Waals surface area (Å²) in [4.78, 5) is 17.1. The Morgan fingerprint density at radius 2 is 1.41 bits per heavy atom. The Labute approximate surface area is 180 Å². The third-order valence-corrected chi connectivity index (χ3v) is 4.85. The van der Waals surface area contributed by atoms with Crippen molar-refractivity contribution >= 4 is 22.4 Å². The molecule has 0 radical (unpaired) electrons. The van der Waals surface area contributed by atoms with Gasteiger partial charge in [0.1, 0.15) is 17.2 Å². The third kappa shape index (κ3) is 3.74. The molecule has 0 atom stereocenters. The van der Waals surface area contributed by atoms with Gasteiger partial charge >= 0.3 is 0 Å². The average molecular weight is 429 g/mol. The van der Waals surface area contributed by atoms with Crippen molar-refractivity contribution in [3.05, 3.63) is 96.8 Å². The third-order valence-electron chi connectivity index (χ3n) is 4.85. The zero-order valence-electron chi connectivity index (χ0n) is 16.4. The number of hydrogen-bond acceptors (Lipinski definition) is 5. The lowest BCUT2D eigenvalue weighted by atomic mass is 10.0. The summed E-state index contributed by atoms with van der Waals surface area (Å²) in [7, 11) is 0. The fourth-order valence-corrected chi connectivity index (χ4v) is 3.32. The molecule has 0 aliphatic heterocycles. The minimum atomic E-state index is -1.01. The van der Waals surface area contributed by atoms with Crippen molar-refractivity contribution in [3.8, 4) is 22.5 Å². The van der Waals surface area contributed by atoms with Crippen LogP contribution in [-0.4, -0.2) is 19.9 Å². The van der Waals surface area contributed by atoms with Crippen LogP contribution in [0.3, 0.4) is 0 Å². The van der Waals surface area contributed by atoms with Crippen molar-refractivity contribution in [2.45, 2.75) is 0 Å². The Morgan fingerprint density at radius 3 is 2.09 bits per heavy atom. The van der Waals surface area contributed by atoms with Crippen LogP contribution in [0.4, 0.5) is 24.7 Å². The highest BCUT2D eigenvalue weighted by atomic mass is 19.2. The molecular formula is C24H14F3N5. The van der Waals surface area contributed by atoms with E-state index in [0.29, 0.717) is 22.1 Å². The molecule has 1 N–H and O–H groups in total. The number of aromatic nitrogens is 4. The highest BCUT2D eigenvalue weighted by Gasteiger charge is 2.16. The molecule has 3 heterocycles. The van der Waals surface area contributed by atoms with Gasteiger partial charge in [-0.05, 0) is 48.0 Å². The lowest BCUT2D eigenvalue weighted by molar-refractivity contribution is 0.509. The zero-order chi connectivity index (χ0) is 22.1. The van der Waals surface area contributed by atoms with Crippen LogP contribution < -0.4 is 5.32 Å². The van der Waals surface area contributed by atoms with E-state index in [-0.39, 0.29) is 22.8 Å². The summed E-state index contributed by atoms with van der Waals surface area (Å²) in [6, 6.07) is 13.5. The number of anilines is 2. The van der Waals surface area contributed by atoms with Crippen LogP contribution in [0.1, 0.15) is 0 Å². The quantitative estimate of drug-likeness (QED) is 0.385. The topological polar surface area (TPSA) is 63.6 Å². The predicted octanol–water partition coefficient (Wildman–Crippen LogP) is 5.91. The summed E-state index contributed by atoms with van der Waals surface area (Å²) in [6.45, 7) is 0. The van der Waals surface area contributed by atoms with Crippen LogP contribution in [-0.2, 0) is 0 Å². The molecule has 3 aromatic heterocycles. The number of hydrogen-bond donors (Lipinski definition) is 1. The summed E-state index contributed by atoms with van der Waals surface area (Å²) >= 11 is 0. The van der Waals surface area contributed by atoms with Crippen molar-refractivity contribution in [1.82, 2.24) is 19.9 Å². The van der Waals surface area contributed by atoms with Gasteiger partial charge in [0, 0.05) is 53.1 Å². The van der Waals surface area contributed by atoms with E-state index in [1.807, 2.05) is 0 Å². The number of pyridine rings is 2.